The Kier molecular flexibility index (Phi) is 4.07. The molecule has 0 radical (unpaired) electrons. The summed E-state index contributed by atoms with van der Waals surface area (Å²) < 4.78 is 11.7. The van der Waals surface area contributed by atoms with E-state index >= 15 is 0 Å². The van der Waals surface area contributed by atoms with Crippen LogP contribution in [0.3, 0.4) is 0 Å². The van der Waals surface area contributed by atoms with Crippen molar-refractivity contribution in [1.82, 2.24) is 0 Å². The van der Waals surface area contributed by atoms with Crippen molar-refractivity contribution in [2.75, 3.05) is 13.2 Å². The lowest BCUT2D eigenvalue weighted by Crippen LogP contribution is -1.98. The predicted octanol–water partition coefficient (Wildman–Crippen LogP) is 2.60. The number of rotatable bonds is 2. The Balaban J connectivity index is 2.45. The number of aliphatic carboxylic acids is 1. The number of fused-ring (bicyclic) bond motifs is 1. The van der Waals surface area contributed by atoms with Gasteiger partial charge < -0.3 is 14.6 Å². The average molecular weight is 324 g/mol. The summed E-state index contributed by atoms with van der Waals surface area (Å²) in [4.78, 5) is 10.8. The van der Waals surface area contributed by atoms with Gasteiger partial charge in [-0.1, -0.05) is 0 Å². The molecule has 0 spiro atoms. The summed E-state index contributed by atoms with van der Waals surface area (Å²) in [5.74, 6) is -0.116. The number of nitrogens with zero attached hydrogens (tertiary/aromatic N) is 1. The summed E-state index contributed by atoms with van der Waals surface area (Å²) in [6, 6.07) is 4.98. The van der Waals surface area contributed by atoms with Gasteiger partial charge in [0.1, 0.15) is 11.6 Å². The smallest absolute Gasteiger partial charge is 0.346 e. The average Bonchev–Trinajstić information content (AvgIpc) is 2.61. The molecule has 6 heteroatoms. The summed E-state index contributed by atoms with van der Waals surface area (Å²) >= 11 is 3.35. The molecule has 0 atom stereocenters. The summed E-state index contributed by atoms with van der Waals surface area (Å²) in [7, 11) is 0. The van der Waals surface area contributed by atoms with Crippen molar-refractivity contribution in [3.63, 3.8) is 0 Å². The second-order valence-electron chi connectivity index (χ2n) is 3.86. The van der Waals surface area contributed by atoms with Gasteiger partial charge in [-0.15, -0.1) is 0 Å². The van der Waals surface area contributed by atoms with Crippen LogP contribution < -0.4 is 9.47 Å². The van der Waals surface area contributed by atoms with Gasteiger partial charge in [0.25, 0.3) is 0 Å². The summed E-state index contributed by atoms with van der Waals surface area (Å²) in [5.41, 5.74) is 0.233. The van der Waals surface area contributed by atoms with Crippen LogP contribution in [0.4, 0.5) is 0 Å². The molecule has 1 aliphatic heterocycles. The quantitative estimate of drug-likeness (QED) is 0.668. The molecular weight excluding hydrogens is 314 g/mol. The van der Waals surface area contributed by atoms with E-state index in [-0.39, 0.29) is 5.57 Å². The van der Waals surface area contributed by atoms with Crippen LogP contribution in [0.25, 0.3) is 6.08 Å². The lowest BCUT2D eigenvalue weighted by atomic mass is 10.1. The lowest BCUT2D eigenvalue weighted by molar-refractivity contribution is -0.132. The van der Waals surface area contributed by atoms with E-state index < -0.39 is 5.97 Å². The topological polar surface area (TPSA) is 79.5 Å². The van der Waals surface area contributed by atoms with Crippen molar-refractivity contribution in [2.45, 2.75) is 6.42 Å². The largest absolute Gasteiger partial charge is 0.489 e. The minimum Gasteiger partial charge on any atom is -0.489 e. The fourth-order valence-corrected chi connectivity index (χ4v) is 2.22. The van der Waals surface area contributed by atoms with Crippen LogP contribution >= 0.6 is 15.9 Å². The number of hydrogen-bond donors (Lipinski definition) is 1. The van der Waals surface area contributed by atoms with Gasteiger partial charge in [-0.3, -0.25) is 0 Å². The first-order chi connectivity index (χ1) is 9.11. The third-order valence-electron chi connectivity index (χ3n) is 2.49. The zero-order valence-electron chi connectivity index (χ0n) is 9.85. The normalized spacial score (nSPS) is 14.4. The summed E-state index contributed by atoms with van der Waals surface area (Å²) in [6.07, 6.45) is 2.08. The number of carbonyl (C=O) groups is 1. The predicted molar refractivity (Wildman–Crippen MR) is 71.0 cm³/mol. The van der Waals surface area contributed by atoms with Gasteiger partial charge in [-0.2, -0.15) is 5.26 Å². The molecule has 0 aliphatic carbocycles. The second kappa shape index (κ2) is 5.76. The maximum Gasteiger partial charge on any atom is 0.346 e. The van der Waals surface area contributed by atoms with Crippen molar-refractivity contribution in [3.05, 3.63) is 27.7 Å². The molecule has 1 aromatic rings. The van der Waals surface area contributed by atoms with Gasteiger partial charge in [0.2, 0.25) is 0 Å². The van der Waals surface area contributed by atoms with Gasteiger partial charge in [0.05, 0.1) is 17.7 Å². The first-order valence-corrected chi connectivity index (χ1v) is 6.35. The van der Waals surface area contributed by atoms with Crippen molar-refractivity contribution in [3.8, 4) is 17.6 Å². The first-order valence-electron chi connectivity index (χ1n) is 5.56. The Morgan fingerprint density at radius 1 is 1.42 bits per heavy atom. The van der Waals surface area contributed by atoms with E-state index in [0.717, 1.165) is 6.42 Å². The van der Waals surface area contributed by atoms with Gasteiger partial charge in [0.15, 0.2) is 11.5 Å². The molecule has 98 valence electrons. The Bertz CT molecular complexity index is 589. The van der Waals surface area contributed by atoms with E-state index in [9.17, 15) is 4.79 Å². The molecule has 0 unspecified atom stereocenters. The number of carboxylic acids is 1. The van der Waals surface area contributed by atoms with E-state index in [2.05, 4.69) is 15.9 Å². The third-order valence-corrected chi connectivity index (χ3v) is 3.08. The molecule has 0 saturated heterocycles. The van der Waals surface area contributed by atoms with E-state index in [1.807, 2.05) is 0 Å². The first kappa shape index (κ1) is 13.4. The van der Waals surface area contributed by atoms with Crippen LogP contribution in [0.2, 0.25) is 0 Å². The fourth-order valence-electron chi connectivity index (χ4n) is 1.64. The highest BCUT2D eigenvalue weighted by Crippen LogP contribution is 2.38. The molecule has 0 saturated carbocycles. The molecule has 0 bridgehead atoms. The van der Waals surface area contributed by atoms with Gasteiger partial charge in [-0.25, -0.2) is 4.79 Å². The van der Waals surface area contributed by atoms with E-state index in [1.165, 1.54) is 6.08 Å². The van der Waals surface area contributed by atoms with Crippen molar-refractivity contribution >= 4 is 28.0 Å². The van der Waals surface area contributed by atoms with Crippen LogP contribution in [-0.2, 0) is 4.79 Å². The molecule has 0 amide bonds. The molecule has 1 heterocycles. The molecule has 1 aromatic carbocycles. The Morgan fingerprint density at radius 2 is 2.16 bits per heavy atom. The number of ether oxygens (including phenoxy) is 2. The number of halogens is 1. The minimum absolute atomic E-state index is 0.332. The number of carboxylic acid groups (broad SMARTS) is 1. The van der Waals surface area contributed by atoms with Crippen LogP contribution in [0, 0.1) is 11.3 Å². The molecule has 1 aliphatic rings. The second-order valence-corrected chi connectivity index (χ2v) is 4.71. The standard InChI is InChI=1S/C13H10BrNO4/c14-10-5-8(4-9(7-15)13(16)17)6-11-12(10)19-3-1-2-18-11/h4-6H,1-3H2,(H,16,17)/b9-4+. The van der Waals surface area contributed by atoms with Crippen molar-refractivity contribution < 1.29 is 19.4 Å². The van der Waals surface area contributed by atoms with Gasteiger partial charge in [0, 0.05) is 6.42 Å². The highest BCUT2D eigenvalue weighted by atomic mass is 79.9. The van der Waals surface area contributed by atoms with E-state index in [4.69, 9.17) is 19.8 Å². The van der Waals surface area contributed by atoms with Crippen LogP contribution in [0.5, 0.6) is 11.5 Å². The minimum atomic E-state index is -1.26. The molecule has 2 rings (SSSR count). The monoisotopic (exact) mass is 323 g/mol. The Labute approximate surface area is 118 Å². The third kappa shape index (κ3) is 3.06. The number of hydrogen-bond acceptors (Lipinski definition) is 4. The van der Waals surface area contributed by atoms with Crippen molar-refractivity contribution in [2.24, 2.45) is 0 Å². The summed E-state index contributed by atoms with van der Waals surface area (Å²) in [5, 5.41) is 17.6. The zero-order chi connectivity index (χ0) is 13.8. The maximum absolute atomic E-state index is 10.8. The highest BCUT2D eigenvalue weighted by molar-refractivity contribution is 9.10. The van der Waals surface area contributed by atoms with Crippen LogP contribution in [-0.4, -0.2) is 24.3 Å². The number of nitriles is 1. The van der Waals surface area contributed by atoms with Gasteiger partial charge in [-0.05, 0) is 39.7 Å². The molecule has 0 fully saturated rings. The maximum atomic E-state index is 10.8. The lowest BCUT2D eigenvalue weighted by Gasteiger charge is -2.10. The number of benzene rings is 1. The van der Waals surface area contributed by atoms with E-state index in [0.29, 0.717) is 34.7 Å². The van der Waals surface area contributed by atoms with Crippen LogP contribution in [0.1, 0.15) is 12.0 Å². The van der Waals surface area contributed by atoms with Crippen LogP contribution in [0.15, 0.2) is 22.2 Å². The van der Waals surface area contributed by atoms with Crippen molar-refractivity contribution in [1.29, 1.82) is 5.26 Å². The van der Waals surface area contributed by atoms with E-state index in [1.54, 1.807) is 18.2 Å². The molecule has 0 aromatic heterocycles. The summed E-state index contributed by atoms with van der Waals surface area (Å²) in [6.45, 7) is 1.11. The SMILES string of the molecule is N#C/C(=C\c1cc(Br)c2c(c1)OCCCO2)C(=O)O. The molecule has 1 N–H and O–H groups in total. The highest BCUT2D eigenvalue weighted by Gasteiger charge is 2.15. The van der Waals surface area contributed by atoms with Gasteiger partial charge >= 0.3 is 5.97 Å². The molecule has 5 nitrogen and oxygen atoms in total. The zero-order valence-corrected chi connectivity index (χ0v) is 11.4. The molecule has 19 heavy (non-hydrogen) atoms. The molecular formula is C13H10BrNO4. The fraction of sp³-hybridized carbons (Fsp3) is 0.231. The Hall–Kier alpha value is -2.00. The Morgan fingerprint density at radius 3 is 2.84 bits per heavy atom.